The third kappa shape index (κ3) is 4.02. The molecule has 1 aromatic heterocycles. The van der Waals surface area contributed by atoms with E-state index in [9.17, 15) is 14.4 Å². The maximum atomic E-state index is 12.5. The van der Waals surface area contributed by atoms with Gasteiger partial charge in [-0.3, -0.25) is 9.59 Å². The zero-order valence-corrected chi connectivity index (χ0v) is 14.6. The van der Waals surface area contributed by atoms with E-state index in [0.29, 0.717) is 18.7 Å². The number of amides is 2. The number of rotatable bonds is 7. The summed E-state index contributed by atoms with van der Waals surface area (Å²) < 4.78 is 16.0. The molecule has 0 aromatic carbocycles. The first-order chi connectivity index (χ1) is 12.6. The third-order valence-electron chi connectivity index (χ3n) is 4.37. The fourth-order valence-electron chi connectivity index (χ4n) is 3.15. The van der Waals surface area contributed by atoms with Crippen LogP contribution in [0.15, 0.2) is 12.5 Å². The van der Waals surface area contributed by atoms with Crippen LogP contribution < -0.4 is 5.32 Å². The molecule has 0 spiro atoms. The normalized spacial score (nSPS) is 22.3. The minimum Gasteiger partial charge on any atom is -0.446 e. The minimum absolute atomic E-state index is 0.0865. The van der Waals surface area contributed by atoms with Gasteiger partial charge in [0.15, 0.2) is 0 Å². The van der Waals surface area contributed by atoms with Crippen LogP contribution in [0, 0.1) is 0 Å². The van der Waals surface area contributed by atoms with Crippen molar-refractivity contribution in [3.8, 4) is 0 Å². The van der Waals surface area contributed by atoms with E-state index >= 15 is 0 Å². The van der Waals surface area contributed by atoms with Gasteiger partial charge >= 0.3 is 6.09 Å². The summed E-state index contributed by atoms with van der Waals surface area (Å²) in [5, 5.41) is 2.75. The van der Waals surface area contributed by atoms with Crippen molar-refractivity contribution < 1.29 is 28.6 Å². The van der Waals surface area contributed by atoms with Crippen molar-refractivity contribution in [1.82, 2.24) is 19.8 Å². The molecule has 2 amide bonds. The molecule has 3 heterocycles. The number of hydrogen-bond acceptors (Lipinski definition) is 7. The zero-order valence-electron chi connectivity index (χ0n) is 14.6. The van der Waals surface area contributed by atoms with Crippen molar-refractivity contribution in [1.29, 1.82) is 0 Å². The van der Waals surface area contributed by atoms with Crippen LogP contribution in [0.25, 0.3) is 0 Å². The van der Waals surface area contributed by atoms with Gasteiger partial charge in [-0.25, -0.2) is 14.3 Å². The van der Waals surface area contributed by atoms with Gasteiger partial charge in [-0.05, 0) is 12.8 Å². The largest absolute Gasteiger partial charge is 0.446 e. The first-order valence-electron chi connectivity index (χ1n) is 8.47. The Kier molecular flexibility index (Phi) is 5.84. The van der Waals surface area contributed by atoms with Crippen LogP contribution in [0.1, 0.15) is 18.5 Å². The Morgan fingerprint density at radius 2 is 2.23 bits per heavy atom. The molecule has 2 aliphatic rings. The Morgan fingerprint density at radius 3 is 3.04 bits per heavy atom. The lowest BCUT2D eigenvalue weighted by Gasteiger charge is -2.34. The molecular weight excluding hydrogens is 344 g/mol. The zero-order chi connectivity index (χ0) is 18.5. The molecule has 2 fully saturated rings. The number of aromatic nitrogens is 2. The van der Waals surface area contributed by atoms with E-state index in [1.807, 2.05) is 0 Å². The van der Waals surface area contributed by atoms with Crippen LogP contribution in [-0.4, -0.2) is 78.1 Å². The summed E-state index contributed by atoms with van der Waals surface area (Å²) in [6, 6.07) is -0.995. The molecule has 0 saturated carbocycles. The predicted molar refractivity (Wildman–Crippen MR) is 87.2 cm³/mol. The highest BCUT2D eigenvalue weighted by molar-refractivity contribution is 5.97. The van der Waals surface area contributed by atoms with E-state index in [4.69, 9.17) is 14.2 Å². The third-order valence-corrected chi connectivity index (χ3v) is 4.37. The first-order valence-corrected chi connectivity index (χ1v) is 8.47. The second kappa shape index (κ2) is 8.28. The Balaban J connectivity index is 1.52. The highest BCUT2D eigenvalue weighted by Crippen LogP contribution is 2.22. The standard InChI is InChI=1S/C16H22N4O6/c1-24-10-25-5-6-26-16(23)19-8-11(17-9-19)7-12-15(22)20-4-2-3-13(20)14(21)18-12/h8-9,12-13H,2-7,10H2,1H3,(H,18,21)/t12-,13-/m0/s1. The number of ether oxygens (including phenoxy) is 3. The summed E-state index contributed by atoms with van der Waals surface area (Å²) in [5.74, 6) is -0.221. The van der Waals surface area contributed by atoms with Crippen LogP contribution in [0.5, 0.6) is 0 Å². The lowest BCUT2D eigenvalue weighted by Crippen LogP contribution is -2.61. The summed E-state index contributed by atoms with van der Waals surface area (Å²) in [7, 11) is 1.50. The van der Waals surface area contributed by atoms with Crippen molar-refractivity contribution in [2.24, 2.45) is 0 Å². The summed E-state index contributed by atoms with van der Waals surface area (Å²) in [6.07, 6.45) is 3.99. The molecule has 0 unspecified atom stereocenters. The molecule has 3 rings (SSSR count). The van der Waals surface area contributed by atoms with Gasteiger partial charge in [-0.2, -0.15) is 0 Å². The molecule has 0 radical (unpaired) electrons. The predicted octanol–water partition coefficient (Wildman–Crippen LogP) is -0.480. The van der Waals surface area contributed by atoms with Gasteiger partial charge in [-0.15, -0.1) is 0 Å². The summed E-state index contributed by atoms with van der Waals surface area (Å²) >= 11 is 0. The second-order valence-corrected chi connectivity index (χ2v) is 6.16. The molecule has 0 bridgehead atoms. The number of carbonyl (C=O) groups is 3. The van der Waals surface area contributed by atoms with Crippen LogP contribution in [0.4, 0.5) is 4.79 Å². The van der Waals surface area contributed by atoms with Crippen LogP contribution in [0.3, 0.4) is 0 Å². The monoisotopic (exact) mass is 366 g/mol. The average Bonchev–Trinajstić information content (AvgIpc) is 3.29. The highest BCUT2D eigenvalue weighted by atomic mass is 16.7. The molecule has 2 saturated heterocycles. The molecule has 10 heteroatoms. The Labute approximate surface area is 150 Å². The van der Waals surface area contributed by atoms with Gasteiger partial charge < -0.3 is 24.4 Å². The van der Waals surface area contributed by atoms with E-state index in [-0.39, 0.29) is 44.3 Å². The van der Waals surface area contributed by atoms with Crippen molar-refractivity contribution in [2.75, 3.05) is 33.7 Å². The van der Waals surface area contributed by atoms with E-state index in [1.165, 1.54) is 24.2 Å². The van der Waals surface area contributed by atoms with Gasteiger partial charge in [-0.1, -0.05) is 0 Å². The fourth-order valence-corrected chi connectivity index (χ4v) is 3.15. The molecule has 10 nitrogen and oxygen atoms in total. The SMILES string of the molecule is COCOCCOC(=O)n1cnc(C[C@@H]2NC(=O)[C@@H]3CCCN3C2=O)c1. The first kappa shape index (κ1) is 18.3. The van der Waals surface area contributed by atoms with Crippen LogP contribution in [0.2, 0.25) is 0 Å². The number of carbonyl (C=O) groups excluding carboxylic acids is 3. The lowest BCUT2D eigenvalue weighted by molar-refractivity contribution is -0.147. The topological polar surface area (TPSA) is 112 Å². The van der Waals surface area contributed by atoms with Crippen molar-refractivity contribution in [3.63, 3.8) is 0 Å². The molecule has 1 N–H and O–H groups in total. The van der Waals surface area contributed by atoms with Crippen LogP contribution in [-0.2, 0) is 30.2 Å². The molecule has 1 aromatic rings. The molecule has 2 atom stereocenters. The Hall–Kier alpha value is -2.46. The number of nitrogens with one attached hydrogen (secondary N) is 1. The number of nitrogens with zero attached hydrogens (tertiary/aromatic N) is 3. The number of imidazole rings is 1. The number of piperazine rings is 1. The maximum Gasteiger partial charge on any atom is 0.419 e. The number of methoxy groups -OCH3 is 1. The quantitative estimate of drug-likeness (QED) is 0.512. The van der Waals surface area contributed by atoms with E-state index in [1.54, 1.807) is 4.90 Å². The Morgan fingerprint density at radius 1 is 1.38 bits per heavy atom. The van der Waals surface area contributed by atoms with Gasteiger partial charge in [0.05, 0.1) is 12.3 Å². The summed E-state index contributed by atoms with van der Waals surface area (Å²) in [4.78, 5) is 42.3. The molecular formula is C16H22N4O6. The van der Waals surface area contributed by atoms with E-state index in [2.05, 4.69) is 10.3 Å². The van der Waals surface area contributed by atoms with Crippen molar-refractivity contribution in [3.05, 3.63) is 18.2 Å². The van der Waals surface area contributed by atoms with Gasteiger partial charge in [0.25, 0.3) is 0 Å². The minimum atomic E-state index is -0.654. The molecule has 26 heavy (non-hydrogen) atoms. The van der Waals surface area contributed by atoms with Gasteiger partial charge in [0.1, 0.15) is 31.8 Å². The second-order valence-electron chi connectivity index (χ2n) is 6.16. The van der Waals surface area contributed by atoms with Gasteiger partial charge in [0, 0.05) is 26.3 Å². The van der Waals surface area contributed by atoms with Gasteiger partial charge in [0.2, 0.25) is 11.8 Å². The summed E-state index contributed by atoms with van der Waals surface area (Å²) in [6.45, 7) is 1.05. The van der Waals surface area contributed by atoms with E-state index < -0.39 is 12.1 Å². The Bertz CT molecular complexity index is 675. The highest BCUT2D eigenvalue weighted by Gasteiger charge is 2.42. The number of hydrogen-bond donors (Lipinski definition) is 1. The number of fused-ring (bicyclic) bond motifs is 1. The summed E-state index contributed by atoms with van der Waals surface area (Å²) in [5.41, 5.74) is 0.522. The van der Waals surface area contributed by atoms with Crippen LogP contribution >= 0.6 is 0 Å². The molecule has 2 aliphatic heterocycles. The van der Waals surface area contributed by atoms with Crippen molar-refractivity contribution in [2.45, 2.75) is 31.3 Å². The average molecular weight is 366 g/mol. The lowest BCUT2D eigenvalue weighted by atomic mass is 10.0. The maximum absolute atomic E-state index is 12.5. The fraction of sp³-hybridized carbons (Fsp3) is 0.625. The van der Waals surface area contributed by atoms with E-state index in [0.717, 1.165) is 6.42 Å². The smallest absolute Gasteiger partial charge is 0.419 e. The van der Waals surface area contributed by atoms with Crippen molar-refractivity contribution >= 4 is 17.9 Å². The molecule has 0 aliphatic carbocycles. The molecule has 142 valence electrons.